The maximum atomic E-state index is 4.36. The first-order valence-corrected chi connectivity index (χ1v) is 6.04. The molecule has 0 saturated heterocycles. The topological polar surface area (TPSA) is 47.7 Å². The Morgan fingerprint density at radius 1 is 1.29 bits per heavy atom. The van der Waals surface area contributed by atoms with Crippen LogP contribution in [0.4, 0.5) is 0 Å². The average Bonchev–Trinajstić information content (AvgIpc) is 2.96. The van der Waals surface area contributed by atoms with Crippen molar-refractivity contribution in [3.05, 3.63) is 36.4 Å². The van der Waals surface area contributed by atoms with Gasteiger partial charge in [-0.2, -0.15) is 0 Å². The molecule has 5 nitrogen and oxygen atoms in total. The minimum Gasteiger partial charge on any atom is -0.333 e. The van der Waals surface area contributed by atoms with Crippen molar-refractivity contribution in [2.45, 2.75) is 33.5 Å². The van der Waals surface area contributed by atoms with Gasteiger partial charge < -0.3 is 14.5 Å². The second-order valence-corrected chi connectivity index (χ2v) is 3.92. The Morgan fingerprint density at radius 2 is 2.18 bits per heavy atom. The number of nitrogens with zero attached hydrogens (tertiary/aromatic N) is 4. The standard InChI is InChI=1S/C12H19N5/c1-3-13-8-12-15-5-6-17(12)9-11-7-14-10-16(11)4-2/h5-7,10,13H,3-4,8-9H2,1-2H3. The van der Waals surface area contributed by atoms with Crippen LogP contribution in [0.5, 0.6) is 0 Å². The van der Waals surface area contributed by atoms with Crippen molar-refractivity contribution in [3.8, 4) is 0 Å². The fourth-order valence-corrected chi connectivity index (χ4v) is 1.83. The molecular weight excluding hydrogens is 214 g/mol. The SMILES string of the molecule is CCNCc1nccn1Cc1cncn1CC. The van der Waals surface area contributed by atoms with E-state index in [-0.39, 0.29) is 0 Å². The molecule has 0 bridgehead atoms. The van der Waals surface area contributed by atoms with E-state index in [2.05, 4.69) is 38.3 Å². The van der Waals surface area contributed by atoms with Crippen LogP contribution < -0.4 is 5.32 Å². The van der Waals surface area contributed by atoms with E-state index in [9.17, 15) is 0 Å². The van der Waals surface area contributed by atoms with Gasteiger partial charge in [0.1, 0.15) is 5.82 Å². The summed E-state index contributed by atoms with van der Waals surface area (Å²) in [6, 6.07) is 0. The maximum absolute atomic E-state index is 4.36. The van der Waals surface area contributed by atoms with Crippen molar-refractivity contribution in [2.24, 2.45) is 0 Å². The summed E-state index contributed by atoms with van der Waals surface area (Å²) in [7, 11) is 0. The lowest BCUT2D eigenvalue weighted by Gasteiger charge is -2.09. The van der Waals surface area contributed by atoms with Crippen molar-refractivity contribution in [1.82, 2.24) is 24.4 Å². The normalized spacial score (nSPS) is 10.9. The zero-order valence-corrected chi connectivity index (χ0v) is 10.4. The highest BCUT2D eigenvalue weighted by molar-refractivity contribution is 5.03. The van der Waals surface area contributed by atoms with Gasteiger partial charge in [0.05, 0.1) is 25.1 Å². The number of nitrogens with one attached hydrogen (secondary N) is 1. The average molecular weight is 233 g/mol. The van der Waals surface area contributed by atoms with Crippen molar-refractivity contribution in [3.63, 3.8) is 0 Å². The van der Waals surface area contributed by atoms with Gasteiger partial charge in [0.25, 0.3) is 0 Å². The number of hydrogen-bond acceptors (Lipinski definition) is 3. The summed E-state index contributed by atoms with van der Waals surface area (Å²) in [5, 5.41) is 3.29. The molecule has 92 valence electrons. The molecule has 0 aliphatic rings. The van der Waals surface area contributed by atoms with Gasteiger partial charge in [-0.15, -0.1) is 0 Å². The van der Waals surface area contributed by atoms with Crippen molar-refractivity contribution < 1.29 is 0 Å². The minimum atomic E-state index is 0.809. The van der Waals surface area contributed by atoms with Crippen LogP contribution in [0.1, 0.15) is 25.4 Å². The van der Waals surface area contributed by atoms with Crippen LogP contribution in [-0.4, -0.2) is 25.6 Å². The van der Waals surface area contributed by atoms with E-state index in [1.165, 1.54) is 5.69 Å². The number of hydrogen-bond donors (Lipinski definition) is 1. The minimum absolute atomic E-state index is 0.809. The van der Waals surface area contributed by atoms with Gasteiger partial charge in [0.15, 0.2) is 0 Å². The van der Waals surface area contributed by atoms with E-state index in [4.69, 9.17) is 0 Å². The van der Waals surface area contributed by atoms with Crippen molar-refractivity contribution in [1.29, 1.82) is 0 Å². The zero-order valence-electron chi connectivity index (χ0n) is 10.4. The molecule has 0 amide bonds. The van der Waals surface area contributed by atoms with Crippen molar-refractivity contribution >= 4 is 0 Å². The van der Waals surface area contributed by atoms with Crippen LogP contribution in [0, 0.1) is 0 Å². The van der Waals surface area contributed by atoms with Gasteiger partial charge in [-0.3, -0.25) is 0 Å². The summed E-state index contributed by atoms with van der Waals surface area (Å²) in [6.07, 6.45) is 7.65. The largest absolute Gasteiger partial charge is 0.333 e. The third-order valence-corrected chi connectivity index (χ3v) is 2.81. The predicted octanol–water partition coefficient (Wildman–Crippen LogP) is 1.26. The summed E-state index contributed by atoms with van der Waals surface area (Å²) in [4.78, 5) is 8.54. The highest BCUT2D eigenvalue weighted by Gasteiger charge is 2.05. The summed E-state index contributed by atoms with van der Waals surface area (Å²) in [6.45, 7) is 7.77. The number of aromatic nitrogens is 4. The highest BCUT2D eigenvalue weighted by Crippen LogP contribution is 2.05. The molecule has 0 atom stereocenters. The van der Waals surface area contributed by atoms with E-state index < -0.39 is 0 Å². The lowest BCUT2D eigenvalue weighted by molar-refractivity contribution is 0.613. The summed E-state index contributed by atoms with van der Waals surface area (Å²) in [5.41, 5.74) is 1.21. The predicted molar refractivity (Wildman–Crippen MR) is 66.6 cm³/mol. The quantitative estimate of drug-likeness (QED) is 0.817. The molecule has 0 fully saturated rings. The second-order valence-electron chi connectivity index (χ2n) is 3.92. The molecule has 2 rings (SSSR count). The molecule has 0 radical (unpaired) electrons. The number of rotatable bonds is 6. The van der Waals surface area contributed by atoms with E-state index in [1.54, 1.807) is 0 Å². The maximum Gasteiger partial charge on any atom is 0.123 e. The van der Waals surface area contributed by atoms with Crippen LogP contribution >= 0.6 is 0 Å². The third-order valence-electron chi connectivity index (χ3n) is 2.81. The molecular formula is C12H19N5. The molecule has 5 heteroatoms. The molecule has 0 spiro atoms. The third kappa shape index (κ3) is 2.74. The molecule has 0 aliphatic heterocycles. The second kappa shape index (κ2) is 5.63. The van der Waals surface area contributed by atoms with Gasteiger partial charge >= 0.3 is 0 Å². The zero-order chi connectivity index (χ0) is 12.1. The fourth-order valence-electron chi connectivity index (χ4n) is 1.83. The van der Waals surface area contributed by atoms with Crippen molar-refractivity contribution in [2.75, 3.05) is 6.54 Å². The van der Waals surface area contributed by atoms with Crippen LogP contribution in [0.2, 0.25) is 0 Å². The molecule has 0 aromatic carbocycles. The Labute approximate surface area is 102 Å². The molecule has 17 heavy (non-hydrogen) atoms. The Hall–Kier alpha value is -1.62. The molecule has 1 N–H and O–H groups in total. The smallest absolute Gasteiger partial charge is 0.123 e. The number of imidazole rings is 2. The molecule has 0 saturated carbocycles. The lowest BCUT2D eigenvalue weighted by atomic mass is 10.4. The summed E-state index contributed by atoms with van der Waals surface area (Å²) in [5.74, 6) is 1.07. The van der Waals surface area contributed by atoms with Gasteiger partial charge in [0, 0.05) is 25.1 Å². The first-order chi connectivity index (χ1) is 8.35. The van der Waals surface area contributed by atoms with Gasteiger partial charge in [-0.25, -0.2) is 9.97 Å². The number of aryl methyl sites for hydroxylation is 1. The van der Waals surface area contributed by atoms with Gasteiger partial charge in [0.2, 0.25) is 0 Å². The fraction of sp³-hybridized carbons (Fsp3) is 0.500. The summed E-state index contributed by atoms with van der Waals surface area (Å²) < 4.78 is 4.31. The molecule has 2 aromatic rings. The Bertz CT molecular complexity index is 457. The van der Waals surface area contributed by atoms with E-state index in [0.29, 0.717) is 0 Å². The summed E-state index contributed by atoms with van der Waals surface area (Å²) >= 11 is 0. The Kier molecular flexibility index (Phi) is 3.93. The monoisotopic (exact) mass is 233 g/mol. The van der Waals surface area contributed by atoms with Gasteiger partial charge in [-0.05, 0) is 13.5 Å². The van der Waals surface area contributed by atoms with Gasteiger partial charge in [-0.1, -0.05) is 6.92 Å². The molecule has 0 aliphatic carbocycles. The van der Waals surface area contributed by atoms with Crippen LogP contribution in [0.3, 0.4) is 0 Å². The first kappa shape index (κ1) is 11.9. The van der Waals surface area contributed by atoms with E-state index in [1.807, 2.05) is 24.9 Å². The lowest BCUT2D eigenvalue weighted by Crippen LogP contribution is -2.17. The van der Waals surface area contributed by atoms with E-state index >= 15 is 0 Å². The van der Waals surface area contributed by atoms with Crippen LogP contribution in [0.25, 0.3) is 0 Å². The Balaban J connectivity index is 2.10. The molecule has 2 aromatic heterocycles. The highest BCUT2D eigenvalue weighted by atomic mass is 15.1. The Morgan fingerprint density at radius 3 is 2.94 bits per heavy atom. The molecule has 2 heterocycles. The van der Waals surface area contributed by atoms with Crippen LogP contribution in [0.15, 0.2) is 24.9 Å². The van der Waals surface area contributed by atoms with E-state index in [0.717, 1.165) is 32.0 Å². The molecule has 0 unspecified atom stereocenters. The first-order valence-electron chi connectivity index (χ1n) is 6.04. The van der Waals surface area contributed by atoms with Crippen LogP contribution in [-0.2, 0) is 19.6 Å².